The quantitative estimate of drug-likeness (QED) is 0.155. The number of hydrogen-bond donors (Lipinski definition) is 3. The molecular formula is C41H50N2O8. The summed E-state index contributed by atoms with van der Waals surface area (Å²) in [4.78, 5) is 30.9. The van der Waals surface area contributed by atoms with Crippen LogP contribution in [0.25, 0.3) is 0 Å². The lowest BCUT2D eigenvalue weighted by Crippen LogP contribution is -2.59. The van der Waals surface area contributed by atoms with Crippen molar-refractivity contribution < 1.29 is 38.7 Å². The van der Waals surface area contributed by atoms with Crippen LogP contribution < -0.4 is 5.32 Å². The molecule has 3 aromatic carbocycles. The Kier molecular flexibility index (Phi) is 13.7. The second kappa shape index (κ2) is 18.3. The van der Waals surface area contributed by atoms with Crippen molar-refractivity contribution in [2.24, 2.45) is 10.4 Å². The van der Waals surface area contributed by atoms with Gasteiger partial charge in [0.25, 0.3) is 0 Å². The lowest BCUT2D eigenvalue weighted by molar-refractivity contribution is -0.279. The van der Waals surface area contributed by atoms with Gasteiger partial charge in [0.1, 0.15) is 30.1 Å². The Bertz CT molecular complexity index is 1630. The lowest BCUT2D eigenvalue weighted by atomic mass is 9.75. The molecule has 0 aromatic heterocycles. The Morgan fingerprint density at radius 1 is 0.863 bits per heavy atom. The highest BCUT2D eigenvalue weighted by atomic mass is 16.7. The molecule has 2 unspecified atom stereocenters. The summed E-state index contributed by atoms with van der Waals surface area (Å²) in [6, 6.07) is 28.0. The molecule has 3 N–H and O–H groups in total. The van der Waals surface area contributed by atoms with E-state index in [1.807, 2.05) is 105 Å². The molecule has 1 amide bonds. The van der Waals surface area contributed by atoms with Crippen LogP contribution in [0.15, 0.2) is 107 Å². The first-order valence-corrected chi connectivity index (χ1v) is 17.6. The van der Waals surface area contributed by atoms with Crippen LogP contribution in [-0.4, -0.2) is 71.9 Å². The average Bonchev–Trinajstić information content (AvgIpc) is 3.12. The summed E-state index contributed by atoms with van der Waals surface area (Å²) in [6.07, 6.45) is -2.65. The number of carbonyl (C=O) groups excluding carboxylic acids is 2. The van der Waals surface area contributed by atoms with Crippen LogP contribution >= 0.6 is 0 Å². The number of aliphatic imine (C=N–C) groups is 1. The number of nitrogens with one attached hydrogen (secondary N) is 1. The molecule has 0 saturated carbocycles. The molecule has 1 aliphatic carbocycles. The number of aliphatic hydroxyl groups is 2. The summed E-state index contributed by atoms with van der Waals surface area (Å²) in [7, 11) is 1.57. The maximum Gasteiger partial charge on any atom is 0.219 e. The Morgan fingerprint density at radius 3 is 2.00 bits per heavy atom. The molecule has 1 saturated heterocycles. The summed E-state index contributed by atoms with van der Waals surface area (Å²) in [5.74, 6) is -0.412. The third-order valence-electron chi connectivity index (χ3n) is 9.12. The summed E-state index contributed by atoms with van der Waals surface area (Å²) in [6.45, 7) is 4.61. The van der Waals surface area contributed by atoms with Gasteiger partial charge in [-0.15, -0.1) is 0 Å². The molecule has 0 spiro atoms. The van der Waals surface area contributed by atoms with Gasteiger partial charge in [0, 0.05) is 32.0 Å². The van der Waals surface area contributed by atoms with Gasteiger partial charge < -0.3 is 34.5 Å². The molecule has 5 atom stereocenters. The number of benzene rings is 3. The van der Waals surface area contributed by atoms with Gasteiger partial charge in [0.05, 0.1) is 32.0 Å². The monoisotopic (exact) mass is 698 g/mol. The molecule has 3 aromatic rings. The zero-order valence-corrected chi connectivity index (χ0v) is 29.7. The number of ether oxygens (including phenoxy) is 4. The minimum absolute atomic E-state index is 0.0390. The third kappa shape index (κ3) is 10.9. The number of rotatable bonds is 16. The summed E-state index contributed by atoms with van der Waals surface area (Å²) < 4.78 is 25.5. The molecule has 1 fully saturated rings. The number of amides is 1. The third-order valence-corrected chi connectivity index (χ3v) is 9.12. The van der Waals surface area contributed by atoms with E-state index in [-0.39, 0.29) is 62.1 Å². The van der Waals surface area contributed by atoms with Crippen molar-refractivity contribution in [2.75, 3.05) is 13.7 Å². The molecule has 10 heteroatoms. The molecule has 10 nitrogen and oxygen atoms in total. The van der Waals surface area contributed by atoms with Gasteiger partial charge in [-0.1, -0.05) is 105 Å². The van der Waals surface area contributed by atoms with Crippen molar-refractivity contribution in [1.29, 1.82) is 0 Å². The molecule has 1 heterocycles. The highest BCUT2D eigenvalue weighted by Gasteiger charge is 2.48. The van der Waals surface area contributed by atoms with Crippen molar-refractivity contribution in [3.05, 3.63) is 119 Å². The van der Waals surface area contributed by atoms with E-state index in [1.54, 1.807) is 7.05 Å². The number of allylic oxidation sites excluding steroid dienone is 2. The normalized spacial score (nSPS) is 23.6. The molecule has 0 bridgehead atoms. The molecule has 0 radical (unpaired) electrons. The number of nitrogens with zero attached hydrogens (tertiary/aromatic N) is 1. The van der Waals surface area contributed by atoms with Crippen molar-refractivity contribution in [3.63, 3.8) is 0 Å². The molecule has 272 valence electrons. The Hall–Kier alpha value is -4.19. The lowest BCUT2D eigenvalue weighted by Gasteiger charge is -2.43. The van der Waals surface area contributed by atoms with Crippen LogP contribution in [0.2, 0.25) is 0 Å². The van der Waals surface area contributed by atoms with Crippen LogP contribution in [0, 0.1) is 5.41 Å². The van der Waals surface area contributed by atoms with Crippen molar-refractivity contribution in [3.8, 4) is 0 Å². The fourth-order valence-electron chi connectivity index (χ4n) is 6.49. The van der Waals surface area contributed by atoms with E-state index in [9.17, 15) is 19.8 Å². The van der Waals surface area contributed by atoms with Crippen LogP contribution in [0.3, 0.4) is 0 Å². The number of hydrogen-bond acceptors (Lipinski definition) is 9. The first-order valence-electron chi connectivity index (χ1n) is 17.6. The van der Waals surface area contributed by atoms with E-state index in [4.69, 9.17) is 23.9 Å². The second-order valence-electron chi connectivity index (χ2n) is 13.9. The predicted molar refractivity (Wildman–Crippen MR) is 194 cm³/mol. The largest absolute Gasteiger partial charge is 0.511 e. The fraction of sp³-hybridized carbons (Fsp3) is 0.439. The van der Waals surface area contributed by atoms with Gasteiger partial charge >= 0.3 is 0 Å². The average molecular weight is 699 g/mol. The summed E-state index contributed by atoms with van der Waals surface area (Å²) in [5.41, 5.74) is 2.85. The van der Waals surface area contributed by atoms with E-state index in [1.165, 1.54) is 0 Å². The van der Waals surface area contributed by atoms with Gasteiger partial charge in [0.2, 0.25) is 5.91 Å². The van der Waals surface area contributed by atoms with Crippen LogP contribution in [-0.2, 0) is 48.4 Å². The van der Waals surface area contributed by atoms with E-state index in [0.29, 0.717) is 25.2 Å². The van der Waals surface area contributed by atoms with Gasteiger partial charge in [-0.25, -0.2) is 0 Å². The Balaban J connectivity index is 1.52. The molecule has 51 heavy (non-hydrogen) atoms. The van der Waals surface area contributed by atoms with E-state index in [2.05, 4.69) is 5.32 Å². The number of Topliss-reactive ketones (excluding diaryl/α,β-unsaturated/α-hetero) is 1. The first-order chi connectivity index (χ1) is 24.6. The summed E-state index contributed by atoms with van der Waals surface area (Å²) >= 11 is 0. The van der Waals surface area contributed by atoms with Crippen molar-refractivity contribution >= 4 is 17.4 Å². The highest BCUT2D eigenvalue weighted by Crippen LogP contribution is 2.38. The topological polar surface area (TPSA) is 136 Å². The van der Waals surface area contributed by atoms with Crippen LogP contribution in [0.1, 0.15) is 62.6 Å². The van der Waals surface area contributed by atoms with Crippen molar-refractivity contribution in [1.82, 2.24) is 5.32 Å². The predicted octanol–water partition coefficient (Wildman–Crippen LogP) is 6.02. The minimum atomic E-state index is -1.19. The molecule has 5 rings (SSSR count). The Labute approximate surface area is 300 Å². The van der Waals surface area contributed by atoms with E-state index < -0.39 is 36.1 Å². The van der Waals surface area contributed by atoms with Crippen LogP contribution in [0.4, 0.5) is 0 Å². The SMILES string of the molecule is CNC(=O)CCCC(=NC1[C@H](OCc2ccccc2)OC(COCc2ccccc2)[C@@H](O)[C@H]1OCc1ccccc1)C1=C(O)CC(C)(C)CC1=O. The summed E-state index contributed by atoms with van der Waals surface area (Å²) in [5, 5.41) is 25.8. The van der Waals surface area contributed by atoms with Gasteiger partial charge in [0.15, 0.2) is 12.1 Å². The second-order valence-corrected chi connectivity index (χ2v) is 13.9. The van der Waals surface area contributed by atoms with E-state index in [0.717, 1.165) is 16.7 Å². The number of carbonyl (C=O) groups is 2. The molecular weight excluding hydrogens is 648 g/mol. The van der Waals surface area contributed by atoms with E-state index >= 15 is 0 Å². The van der Waals surface area contributed by atoms with Crippen molar-refractivity contribution in [2.45, 2.75) is 96.4 Å². The van der Waals surface area contributed by atoms with Gasteiger partial charge in [-0.05, 0) is 34.9 Å². The van der Waals surface area contributed by atoms with Gasteiger partial charge in [-0.2, -0.15) is 0 Å². The van der Waals surface area contributed by atoms with Gasteiger partial charge in [-0.3, -0.25) is 14.6 Å². The maximum absolute atomic E-state index is 13.7. The molecule has 1 aliphatic heterocycles. The highest BCUT2D eigenvalue weighted by molar-refractivity contribution is 6.23. The maximum atomic E-state index is 13.7. The smallest absolute Gasteiger partial charge is 0.219 e. The number of aliphatic hydroxyl groups excluding tert-OH is 2. The first kappa shape index (κ1) is 38.1. The zero-order valence-electron chi connectivity index (χ0n) is 29.7. The number of ketones is 1. The standard InChI is InChI=1S/C41H50N2O8/c1-41(2)22-32(44)36(33(45)23-41)31(20-13-21-35(46)42-3)43-37-39(49-25-29-16-9-5-10-17-29)38(47)34(27-48-24-28-14-7-4-8-15-28)51-40(37)50-26-30-18-11-6-12-19-30/h4-12,14-19,34,37-40,44,47H,13,20-27H2,1-3H3,(H,42,46)/t34?,37?,38-,39+,40-/m1/s1. The Morgan fingerprint density at radius 2 is 1.43 bits per heavy atom. The fourth-order valence-corrected chi connectivity index (χ4v) is 6.49. The minimum Gasteiger partial charge on any atom is -0.511 e. The zero-order chi connectivity index (χ0) is 36.2. The molecule has 2 aliphatic rings. The van der Waals surface area contributed by atoms with Crippen LogP contribution in [0.5, 0.6) is 0 Å².